The highest BCUT2D eigenvalue weighted by Crippen LogP contribution is 2.45. The molecule has 4 unspecified atom stereocenters. The molecule has 252 valence electrons. The summed E-state index contributed by atoms with van der Waals surface area (Å²) in [6, 6.07) is 14.1. The molecule has 1 aliphatic heterocycles. The molecule has 0 aromatic heterocycles. The Labute approximate surface area is 274 Å². The van der Waals surface area contributed by atoms with Crippen molar-refractivity contribution in [2.24, 2.45) is 0 Å². The first-order valence-electron chi connectivity index (χ1n) is 15.9. The summed E-state index contributed by atoms with van der Waals surface area (Å²) in [5.41, 5.74) is 2.92. The van der Waals surface area contributed by atoms with E-state index < -0.39 is 53.6 Å². The minimum Gasteiger partial charge on any atom is -0.499 e. The maximum absolute atomic E-state index is 13.5. The van der Waals surface area contributed by atoms with Gasteiger partial charge in [0.15, 0.2) is 5.79 Å². The van der Waals surface area contributed by atoms with Crippen LogP contribution in [0.15, 0.2) is 66.4 Å². The van der Waals surface area contributed by atoms with Crippen molar-refractivity contribution in [3.05, 3.63) is 88.7 Å². The highest BCUT2D eigenvalue weighted by molar-refractivity contribution is 5.94. The number of carbonyl (C=O) groups excluding carboxylic acids is 3. The number of hydrogen-bond acceptors (Lipinski definition) is 10. The van der Waals surface area contributed by atoms with Crippen molar-refractivity contribution in [1.29, 1.82) is 0 Å². The third-order valence-electron chi connectivity index (χ3n) is 8.13. The van der Waals surface area contributed by atoms with Crippen LogP contribution in [0.1, 0.15) is 67.1 Å². The molecule has 1 saturated heterocycles. The molecule has 11 heteroatoms. The lowest BCUT2D eigenvalue weighted by atomic mass is 9.91. The van der Waals surface area contributed by atoms with Crippen LogP contribution in [-0.4, -0.2) is 83.6 Å². The Kier molecular flexibility index (Phi) is 10.8. The van der Waals surface area contributed by atoms with Crippen LogP contribution in [-0.2, 0) is 46.1 Å². The predicted octanol–water partition coefficient (Wildman–Crippen LogP) is 3.40. The number of rotatable bonds is 12. The van der Waals surface area contributed by atoms with E-state index in [0.717, 1.165) is 11.1 Å². The average Bonchev–Trinajstić information content (AvgIpc) is 3.58. The fourth-order valence-corrected chi connectivity index (χ4v) is 6.06. The third-order valence-corrected chi connectivity index (χ3v) is 8.13. The number of amides is 1. The molecule has 2 aliphatic carbocycles. The summed E-state index contributed by atoms with van der Waals surface area (Å²) in [6.07, 6.45) is 3.98. The molecule has 2 aromatic carbocycles. The molecular formula is C36H43NO10. The van der Waals surface area contributed by atoms with Gasteiger partial charge in [0.2, 0.25) is 5.91 Å². The van der Waals surface area contributed by atoms with E-state index in [1.54, 1.807) is 57.2 Å². The smallest absolute Gasteiger partial charge is 0.338 e. The Morgan fingerprint density at radius 3 is 2.49 bits per heavy atom. The van der Waals surface area contributed by atoms with E-state index in [0.29, 0.717) is 29.5 Å². The van der Waals surface area contributed by atoms with Gasteiger partial charge in [0, 0.05) is 31.3 Å². The van der Waals surface area contributed by atoms with Gasteiger partial charge in [0.25, 0.3) is 0 Å². The quantitative estimate of drug-likeness (QED) is 0.177. The number of benzene rings is 2. The van der Waals surface area contributed by atoms with Gasteiger partial charge in [-0.3, -0.25) is 9.59 Å². The molecule has 0 saturated carbocycles. The number of ether oxygens (including phenoxy) is 5. The van der Waals surface area contributed by atoms with Crippen molar-refractivity contribution in [1.82, 2.24) is 5.32 Å². The van der Waals surface area contributed by atoms with Crippen molar-refractivity contribution >= 4 is 23.9 Å². The average molecular weight is 650 g/mol. The molecule has 1 spiro atoms. The summed E-state index contributed by atoms with van der Waals surface area (Å²) in [4.78, 5) is 39.2. The zero-order valence-electron chi connectivity index (χ0n) is 27.0. The van der Waals surface area contributed by atoms with Gasteiger partial charge in [-0.05, 0) is 68.2 Å². The van der Waals surface area contributed by atoms with E-state index in [-0.39, 0.29) is 39.1 Å². The van der Waals surface area contributed by atoms with Crippen LogP contribution < -0.4 is 5.32 Å². The summed E-state index contributed by atoms with van der Waals surface area (Å²) in [6.45, 7) is 4.99. The van der Waals surface area contributed by atoms with Crippen LogP contribution in [0.2, 0.25) is 0 Å². The third kappa shape index (κ3) is 8.86. The maximum atomic E-state index is 13.5. The number of esters is 2. The molecule has 1 heterocycles. The lowest BCUT2D eigenvalue weighted by Gasteiger charge is -2.31. The number of nitrogens with one attached hydrogen (secondary N) is 1. The van der Waals surface area contributed by atoms with Crippen LogP contribution >= 0.6 is 0 Å². The summed E-state index contributed by atoms with van der Waals surface area (Å²) < 4.78 is 29.7. The van der Waals surface area contributed by atoms with Gasteiger partial charge >= 0.3 is 11.9 Å². The first-order valence-corrected chi connectivity index (χ1v) is 15.9. The molecule has 1 amide bonds. The second-order valence-corrected chi connectivity index (χ2v) is 13.0. The topological polar surface area (TPSA) is 150 Å². The number of fused-ring (bicyclic) bond motifs is 2. The predicted molar refractivity (Wildman–Crippen MR) is 171 cm³/mol. The Hall–Kier alpha value is -4.03. The number of aliphatic hydroxyl groups excluding tert-OH is 2. The zero-order valence-corrected chi connectivity index (χ0v) is 27.0. The molecule has 3 N–H and O–H groups in total. The monoisotopic (exact) mass is 649 g/mol. The van der Waals surface area contributed by atoms with Crippen molar-refractivity contribution in [3.8, 4) is 0 Å². The molecule has 4 atom stereocenters. The Morgan fingerprint density at radius 2 is 1.81 bits per heavy atom. The maximum Gasteiger partial charge on any atom is 0.338 e. The van der Waals surface area contributed by atoms with Gasteiger partial charge in [-0.25, -0.2) is 4.79 Å². The van der Waals surface area contributed by atoms with Gasteiger partial charge in [-0.1, -0.05) is 36.4 Å². The van der Waals surface area contributed by atoms with Gasteiger partial charge in [-0.15, -0.1) is 0 Å². The van der Waals surface area contributed by atoms with E-state index in [4.69, 9.17) is 28.8 Å². The molecule has 5 rings (SSSR count). The summed E-state index contributed by atoms with van der Waals surface area (Å²) in [5.74, 6) is -2.42. The molecule has 47 heavy (non-hydrogen) atoms. The molecule has 3 aliphatic rings. The Morgan fingerprint density at radius 1 is 1.06 bits per heavy atom. The van der Waals surface area contributed by atoms with Crippen molar-refractivity contribution in [2.75, 3.05) is 19.8 Å². The fourth-order valence-electron chi connectivity index (χ4n) is 6.06. The van der Waals surface area contributed by atoms with E-state index in [2.05, 4.69) is 5.32 Å². The second-order valence-electron chi connectivity index (χ2n) is 13.0. The standard InChI is InChI=1S/C36H43NO10/c1-35(2,3)46-31(40)12-11-28(22-39)37-33(41)27-18-29(44-34(42)24-10-6-7-23(17-24)13-15-43-16-14-38)32-30(19-27)45-36(47-32)20-25-8-4-5-9-26(25)21-36/h4-10,13,15,17,19,28-30,32,38-39H,11-12,14,16,18,20-22H2,1-3H3,(H,37,41). The molecule has 2 aromatic rings. The van der Waals surface area contributed by atoms with Crippen LogP contribution in [0.3, 0.4) is 0 Å². The Bertz CT molecular complexity index is 1480. The first-order chi connectivity index (χ1) is 22.5. The van der Waals surface area contributed by atoms with Crippen LogP contribution in [0.4, 0.5) is 0 Å². The first kappa shape index (κ1) is 34.3. The number of carbonyl (C=O) groups is 3. The van der Waals surface area contributed by atoms with E-state index in [9.17, 15) is 19.5 Å². The summed E-state index contributed by atoms with van der Waals surface area (Å²) in [7, 11) is 0. The van der Waals surface area contributed by atoms with Crippen molar-refractivity contribution in [3.63, 3.8) is 0 Å². The van der Waals surface area contributed by atoms with Crippen LogP contribution in [0.5, 0.6) is 0 Å². The van der Waals surface area contributed by atoms with Gasteiger partial charge in [-0.2, -0.15) is 0 Å². The molecule has 0 radical (unpaired) electrons. The highest BCUT2D eigenvalue weighted by Gasteiger charge is 2.55. The molecule has 0 bridgehead atoms. The minimum absolute atomic E-state index is 0.0224. The van der Waals surface area contributed by atoms with E-state index in [1.165, 1.54) is 6.26 Å². The normalized spacial score (nSPS) is 21.9. The highest BCUT2D eigenvalue weighted by atomic mass is 16.8. The van der Waals surface area contributed by atoms with Crippen molar-refractivity contribution in [2.45, 2.75) is 88.6 Å². The second kappa shape index (κ2) is 14.8. The number of hydrogen-bond donors (Lipinski definition) is 3. The van der Waals surface area contributed by atoms with Crippen LogP contribution in [0.25, 0.3) is 6.08 Å². The molecule has 11 nitrogen and oxygen atoms in total. The molecule has 1 fully saturated rings. The zero-order chi connectivity index (χ0) is 33.6. The lowest BCUT2D eigenvalue weighted by molar-refractivity contribution is -0.172. The molecular weight excluding hydrogens is 606 g/mol. The largest absolute Gasteiger partial charge is 0.499 e. The van der Waals surface area contributed by atoms with E-state index >= 15 is 0 Å². The van der Waals surface area contributed by atoms with Gasteiger partial charge < -0.3 is 39.2 Å². The minimum atomic E-state index is -0.952. The van der Waals surface area contributed by atoms with Gasteiger partial charge in [0.05, 0.1) is 31.1 Å². The number of aliphatic hydroxyl groups is 2. The lowest BCUT2D eigenvalue weighted by Crippen LogP contribution is -2.45. The fraction of sp³-hybridized carbons (Fsp3) is 0.472. The van der Waals surface area contributed by atoms with Crippen molar-refractivity contribution < 1.29 is 48.3 Å². The summed E-state index contributed by atoms with van der Waals surface area (Å²) in [5, 5.41) is 21.7. The van der Waals surface area contributed by atoms with Gasteiger partial charge in [0.1, 0.15) is 30.5 Å². The Balaban J connectivity index is 1.32. The van der Waals surface area contributed by atoms with Crippen LogP contribution in [0, 0.1) is 0 Å². The van der Waals surface area contributed by atoms with E-state index in [1.807, 2.05) is 24.3 Å². The summed E-state index contributed by atoms with van der Waals surface area (Å²) >= 11 is 0. The SMILES string of the molecule is CC(C)(C)OC(=O)CCC(CO)NC(=O)C1=CC2OC3(Cc4ccccc4C3)OC2C(OC(=O)c2cccc(C=COCCO)c2)C1.